The highest BCUT2D eigenvalue weighted by Gasteiger charge is 2.35. The molecule has 0 aromatic heterocycles. The Kier molecular flexibility index (Phi) is 4.95. The number of carbonyl (C=O) groups excluding carboxylic acids is 1. The number of benzene rings is 1. The number of nitrogens with two attached hydrogens (primary N) is 1. The van der Waals surface area contributed by atoms with E-state index in [4.69, 9.17) is 28.9 Å². The first kappa shape index (κ1) is 15.6. The number of halogens is 2. The van der Waals surface area contributed by atoms with Gasteiger partial charge in [0.05, 0.1) is 21.6 Å². The van der Waals surface area contributed by atoms with Crippen LogP contribution in [0.4, 0.5) is 0 Å². The lowest BCUT2D eigenvalue weighted by molar-refractivity contribution is -0.128. The number of hydrogen-bond donors (Lipinski definition) is 2. The van der Waals surface area contributed by atoms with Crippen LogP contribution in [0, 0.1) is 0 Å². The van der Waals surface area contributed by atoms with Crippen molar-refractivity contribution in [2.45, 2.75) is 50.6 Å². The molecule has 1 saturated carbocycles. The van der Waals surface area contributed by atoms with Gasteiger partial charge < -0.3 is 11.1 Å². The molecule has 0 radical (unpaired) electrons. The fraction of sp³-hybridized carbons (Fsp3) is 0.533. The van der Waals surface area contributed by atoms with Gasteiger partial charge in [-0.3, -0.25) is 4.79 Å². The summed E-state index contributed by atoms with van der Waals surface area (Å²) in [5.74, 6) is -0.0734. The first-order valence-electron chi connectivity index (χ1n) is 6.97. The van der Waals surface area contributed by atoms with Crippen molar-refractivity contribution in [1.29, 1.82) is 0 Å². The third-order valence-electron chi connectivity index (χ3n) is 3.99. The van der Waals surface area contributed by atoms with Crippen LogP contribution >= 0.6 is 23.2 Å². The normalized spacial score (nSPS) is 19.4. The number of carbonyl (C=O) groups is 1. The molecule has 1 aromatic rings. The van der Waals surface area contributed by atoms with E-state index >= 15 is 0 Å². The molecule has 0 heterocycles. The fourth-order valence-electron chi connectivity index (χ4n) is 2.62. The average molecular weight is 315 g/mol. The van der Waals surface area contributed by atoms with Gasteiger partial charge in [0.15, 0.2) is 0 Å². The van der Waals surface area contributed by atoms with Crippen LogP contribution in [0.3, 0.4) is 0 Å². The van der Waals surface area contributed by atoms with Gasteiger partial charge in [0, 0.05) is 0 Å². The first-order chi connectivity index (χ1) is 9.42. The number of rotatable bonds is 3. The molecule has 1 atom stereocenters. The Morgan fingerprint density at radius 3 is 2.50 bits per heavy atom. The maximum Gasteiger partial charge on any atom is 0.240 e. The maximum atomic E-state index is 12.4. The van der Waals surface area contributed by atoms with E-state index in [1.165, 1.54) is 0 Å². The summed E-state index contributed by atoms with van der Waals surface area (Å²) in [4.78, 5) is 12.4. The second kappa shape index (κ2) is 6.33. The molecule has 0 saturated heterocycles. The van der Waals surface area contributed by atoms with Crippen LogP contribution in [0.5, 0.6) is 0 Å². The van der Waals surface area contributed by atoms with Gasteiger partial charge in [0.1, 0.15) is 0 Å². The molecule has 1 amide bonds. The lowest BCUT2D eigenvalue weighted by Gasteiger charge is -2.33. The topological polar surface area (TPSA) is 55.1 Å². The van der Waals surface area contributed by atoms with Gasteiger partial charge >= 0.3 is 0 Å². The van der Waals surface area contributed by atoms with E-state index in [2.05, 4.69) is 5.32 Å². The highest BCUT2D eigenvalue weighted by molar-refractivity contribution is 6.42. The number of nitrogens with one attached hydrogen (secondary N) is 1. The molecule has 110 valence electrons. The molecule has 1 fully saturated rings. The standard InChI is InChI=1S/C15H20Cl2N2O/c1-10(11-5-6-12(16)13(17)9-11)19-14(20)15(18)7-3-2-4-8-15/h5-6,9-10H,2-4,7-8,18H2,1H3,(H,19,20). The van der Waals surface area contributed by atoms with E-state index in [9.17, 15) is 4.79 Å². The number of hydrogen-bond acceptors (Lipinski definition) is 2. The van der Waals surface area contributed by atoms with Gasteiger partial charge in [-0.2, -0.15) is 0 Å². The summed E-state index contributed by atoms with van der Waals surface area (Å²) in [5.41, 5.74) is 6.43. The molecule has 2 rings (SSSR count). The van der Waals surface area contributed by atoms with Crippen molar-refractivity contribution in [2.24, 2.45) is 5.73 Å². The predicted octanol–water partition coefficient (Wildman–Crippen LogP) is 3.83. The summed E-state index contributed by atoms with van der Waals surface area (Å²) in [7, 11) is 0. The highest BCUT2D eigenvalue weighted by Crippen LogP contribution is 2.28. The van der Waals surface area contributed by atoms with Gasteiger partial charge in [-0.25, -0.2) is 0 Å². The van der Waals surface area contributed by atoms with Crippen LogP contribution in [0.15, 0.2) is 18.2 Å². The highest BCUT2D eigenvalue weighted by atomic mass is 35.5. The third kappa shape index (κ3) is 3.46. The van der Waals surface area contributed by atoms with E-state index in [1.807, 2.05) is 13.0 Å². The quantitative estimate of drug-likeness (QED) is 0.890. The minimum Gasteiger partial charge on any atom is -0.348 e. The number of amides is 1. The smallest absolute Gasteiger partial charge is 0.240 e. The Bertz CT molecular complexity index is 499. The van der Waals surface area contributed by atoms with Crippen molar-refractivity contribution in [1.82, 2.24) is 5.32 Å². The van der Waals surface area contributed by atoms with Gasteiger partial charge in [-0.15, -0.1) is 0 Å². The van der Waals surface area contributed by atoms with E-state index in [-0.39, 0.29) is 11.9 Å². The van der Waals surface area contributed by atoms with Crippen LogP contribution in [-0.4, -0.2) is 11.4 Å². The second-order valence-corrected chi connectivity index (χ2v) is 6.40. The molecular weight excluding hydrogens is 295 g/mol. The molecule has 0 bridgehead atoms. The lowest BCUT2D eigenvalue weighted by Crippen LogP contribution is -2.55. The van der Waals surface area contributed by atoms with Crippen LogP contribution in [0.25, 0.3) is 0 Å². The van der Waals surface area contributed by atoms with E-state index in [0.717, 1.165) is 37.7 Å². The summed E-state index contributed by atoms with van der Waals surface area (Å²) in [6.45, 7) is 1.92. The molecule has 1 unspecified atom stereocenters. The predicted molar refractivity (Wildman–Crippen MR) is 83.0 cm³/mol. The minimum atomic E-state index is -0.720. The SMILES string of the molecule is CC(NC(=O)C1(N)CCCCC1)c1ccc(Cl)c(Cl)c1. The van der Waals surface area contributed by atoms with Crippen LogP contribution in [-0.2, 0) is 4.79 Å². The summed E-state index contributed by atoms with van der Waals surface area (Å²) >= 11 is 11.9. The minimum absolute atomic E-state index is 0.0734. The Hall–Kier alpha value is -0.770. The lowest BCUT2D eigenvalue weighted by atomic mass is 9.81. The van der Waals surface area contributed by atoms with E-state index in [0.29, 0.717) is 10.0 Å². The van der Waals surface area contributed by atoms with Gasteiger partial charge in [0.25, 0.3) is 0 Å². The van der Waals surface area contributed by atoms with Crippen LogP contribution in [0.1, 0.15) is 50.6 Å². The van der Waals surface area contributed by atoms with E-state index < -0.39 is 5.54 Å². The molecule has 3 nitrogen and oxygen atoms in total. The Balaban J connectivity index is 2.04. The fourth-order valence-corrected chi connectivity index (χ4v) is 2.92. The molecule has 3 N–H and O–H groups in total. The monoisotopic (exact) mass is 314 g/mol. The van der Waals surface area contributed by atoms with Crippen LogP contribution < -0.4 is 11.1 Å². The zero-order chi connectivity index (χ0) is 14.8. The van der Waals surface area contributed by atoms with E-state index in [1.54, 1.807) is 12.1 Å². The molecule has 0 aliphatic heterocycles. The maximum absolute atomic E-state index is 12.4. The van der Waals surface area contributed by atoms with Gasteiger partial charge in [-0.1, -0.05) is 48.5 Å². The summed E-state index contributed by atoms with van der Waals surface area (Å²) in [6.07, 6.45) is 4.71. The Morgan fingerprint density at radius 2 is 1.90 bits per heavy atom. The zero-order valence-electron chi connectivity index (χ0n) is 11.6. The van der Waals surface area contributed by atoms with Gasteiger partial charge in [0.2, 0.25) is 5.91 Å². The molecule has 1 aromatic carbocycles. The largest absolute Gasteiger partial charge is 0.348 e. The molecule has 5 heteroatoms. The van der Waals surface area contributed by atoms with Crippen molar-refractivity contribution in [3.63, 3.8) is 0 Å². The molecule has 20 heavy (non-hydrogen) atoms. The second-order valence-electron chi connectivity index (χ2n) is 5.59. The summed E-state index contributed by atoms with van der Waals surface area (Å²) < 4.78 is 0. The Morgan fingerprint density at radius 1 is 1.25 bits per heavy atom. The average Bonchev–Trinajstić information content (AvgIpc) is 2.42. The summed E-state index contributed by atoms with van der Waals surface area (Å²) in [5, 5.41) is 3.99. The molecule has 1 aliphatic carbocycles. The van der Waals surface area contributed by atoms with Crippen molar-refractivity contribution < 1.29 is 4.79 Å². The Labute approximate surface area is 129 Å². The first-order valence-corrected chi connectivity index (χ1v) is 7.73. The molecule has 0 spiro atoms. The van der Waals surface area contributed by atoms with Crippen molar-refractivity contribution in [3.05, 3.63) is 33.8 Å². The molecule has 1 aliphatic rings. The zero-order valence-corrected chi connectivity index (χ0v) is 13.1. The molecular formula is C15H20Cl2N2O. The van der Waals surface area contributed by atoms with Crippen molar-refractivity contribution in [2.75, 3.05) is 0 Å². The van der Waals surface area contributed by atoms with Crippen LogP contribution in [0.2, 0.25) is 10.0 Å². The van der Waals surface area contributed by atoms with Crippen molar-refractivity contribution >= 4 is 29.1 Å². The third-order valence-corrected chi connectivity index (χ3v) is 4.73. The van der Waals surface area contributed by atoms with Crippen molar-refractivity contribution in [3.8, 4) is 0 Å². The van der Waals surface area contributed by atoms with Gasteiger partial charge in [-0.05, 0) is 37.5 Å². The summed E-state index contributed by atoms with van der Waals surface area (Å²) in [6, 6.07) is 5.24.